The van der Waals surface area contributed by atoms with Gasteiger partial charge in [0.05, 0.1) is 4.90 Å². The topological polar surface area (TPSA) is 54.5 Å². The Bertz CT molecular complexity index is 575. The Balaban J connectivity index is 1.89. The van der Waals surface area contributed by atoms with Crippen molar-refractivity contribution >= 4 is 25.6 Å². The number of amides is 1. The van der Waals surface area contributed by atoms with E-state index in [9.17, 15) is 13.2 Å². The maximum Gasteiger partial charge on any atom is 0.261 e. The Hall–Kier alpha value is -1.07. The summed E-state index contributed by atoms with van der Waals surface area (Å²) in [5.41, 5.74) is 0.947. The predicted molar refractivity (Wildman–Crippen MR) is 82.8 cm³/mol. The van der Waals surface area contributed by atoms with Crippen LogP contribution < -0.4 is 0 Å². The molecule has 0 spiro atoms. The van der Waals surface area contributed by atoms with Gasteiger partial charge in [0.1, 0.15) is 0 Å². The van der Waals surface area contributed by atoms with Crippen molar-refractivity contribution in [3.8, 4) is 0 Å². The highest BCUT2D eigenvalue weighted by molar-refractivity contribution is 8.13. The van der Waals surface area contributed by atoms with E-state index in [2.05, 4.69) is 0 Å². The standard InChI is InChI=1S/C15H20ClNO3S/c16-21(19,20)14-8-5-13(6-9-14)7-10-15(18)17-11-3-1-2-4-12-17/h5-6,8-9H,1-4,7,10-12H2. The van der Waals surface area contributed by atoms with Gasteiger partial charge in [0, 0.05) is 30.2 Å². The van der Waals surface area contributed by atoms with E-state index in [0.717, 1.165) is 31.5 Å². The smallest absolute Gasteiger partial charge is 0.261 e. The molecule has 1 amide bonds. The van der Waals surface area contributed by atoms with E-state index in [1.807, 2.05) is 4.90 Å². The fourth-order valence-corrected chi connectivity index (χ4v) is 3.32. The van der Waals surface area contributed by atoms with Crippen LogP contribution in [0.3, 0.4) is 0 Å². The molecule has 1 aliphatic heterocycles. The highest BCUT2D eigenvalue weighted by Crippen LogP contribution is 2.17. The maximum atomic E-state index is 12.2. The van der Waals surface area contributed by atoms with Crippen molar-refractivity contribution in [2.75, 3.05) is 13.1 Å². The maximum absolute atomic E-state index is 12.2. The van der Waals surface area contributed by atoms with E-state index in [1.165, 1.54) is 25.0 Å². The average molecular weight is 330 g/mol. The van der Waals surface area contributed by atoms with E-state index in [-0.39, 0.29) is 10.8 Å². The highest BCUT2D eigenvalue weighted by Gasteiger charge is 2.15. The SMILES string of the molecule is O=C(CCc1ccc(S(=O)(=O)Cl)cc1)N1CCCCCC1. The van der Waals surface area contributed by atoms with E-state index in [0.29, 0.717) is 12.8 Å². The second kappa shape index (κ2) is 7.27. The largest absolute Gasteiger partial charge is 0.343 e. The molecule has 1 saturated heterocycles. The van der Waals surface area contributed by atoms with Crippen molar-refractivity contribution in [2.24, 2.45) is 0 Å². The molecule has 0 N–H and O–H groups in total. The minimum Gasteiger partial charge on any atom is -0.343 e. The van der Waals surface area contributed by atoms with Crippen LogP contribution >= 0.6 is 10.7 Å². The summed E-state index contributed by atoms with van der Waals surface area (Å²) in [5, 5.41) is 0. The molecule has 1 heterocycles. The van der Waals surface area contributed by atoms with E-state index < -0.39 is 9.05 Å². The number of hydrogen-bond acceptors (Lipinski definition) is 3. The Labute approximate surface area is 130 Å². The van der Waals surface area contributed by atoms with Crippen LogP contribution in [0.4, 0.5) is 0 Å². The van der Waals surface area contributed by atoms with Gasteiger partial charge in [-0.3, -0.25) is 4.79 Å². The number of likely N-dealkylation sites (tertiary alicyclic amines) is 1. The third kappa shape index (κ3) is 5.00. The number of nitrogens with zero attached hydrogens (tertiary/aromatic N) is 1. The number of carbonyl (C=O) groups is 1. The molecule has 1 fully saturated rings. The van der Waals surface area contributed by atoms with Gasteiger partial charge in [0.2, 0.25) is 5.91 Å². The fourth-order valence-electron chi connectivity index (χ4n) is 2.55. The first-order valence-electron chi connectivity index (χ1n) is 7.28. The van der Waals surface area contributed by atoms with Gasteiger partial charge in [-0.25, -0.2) is 8.42 Å². The van der Waals surface area contributed by atoms with Gasteiger partial charge in [-0.15, -0.1) is 0 Å². The van der Waals surface area contributed by atoms with Gasteiger partial charge in [-0.2, -0.15) is 0 Å². The molecule has 2 rings (SSSR count). The molecule has 0 radical (unpaired) electrons. The predicted octanol–water partition coefficient (Wildman–Crippen LogP) is 2.95. The van der Waals surface area contributed by atoms with Crippen molar-refractivity contribution in [2.45, 2.75) is 43.4 Å². The van der Waals surface area contributed by atoms with Crippen LogP contribution in [0, 0.1) is 0 Å². The molecule has 4 nitrogen and oxygen atoms in total. The monoisotopic (exact) mass is 329 g/mol. The molecule has 21 heavy (non-hydrogen) atoms. The van der Waals surface area contributed by atoms with Crippen LogP contribution in [0.1, 0.15) is 37.7 Å². The van der Waals surface area contributed by atoms with Gasteiger partial charge in [0.15, 0.2) is 0 Å². The first kappa shape index (κ1) is 16.3. The van der Waals surface area contributed by atoms with E-state index >= 15 is 0 Å². The molecule has 6 heteroatoms. The number of carbonyl (C=O) groups excluding carboxylic acids is 1. The Morgan fingerprint density at radius 1 is 1.05 bits per heavy atom. The van der Waals surface area contributed by atoms with Crippen molar-refractivity contribution in [3.05, 3.63) is 29.8 Å². The van der Waals surface area contributed by atoms with Crippen LogP contribution in [0.15, 0.2) is 29.2 Å². The van der Waals surface area contributed by atoms with Gasteiger partial charge in [-0.05, 0) is 37.0 Å². The fraction of sp³-hybridized carbons (Fsp3) is 0.533. The molecule has 0 saturated carbocycles. The second-order valence-electron chi connectivity index (χ2n) is 5.38. The Morgan fingerprint density at radius 2 is 1.62 bits per heavy atom. The number of hydrogen-bond donors (Lipinski definition) is 0. The van der Waals surface area contributed by atoms with Crippen LogP contribution in [0.25, 0.3) is 0 Å². The summed E-state index contributed by atoms with van der Waals surface area (Å²) in [6.45, 7) is 1.73. The Kier molecular flexibility index (Phi) is 5.65. The van der Waals surface area contributed by atoms with Gasteiger partial charge < -0.3 is 4.90 Å². The molecule has 1 aromatic rings. The first-order valence-corrected chi connectivity index (χ1v) is 9.59. The number of aryl methyl sites for hydroxylation is 1. The van der Waals surface area contributed by atoms with Crippen molar-refractivity contribution in [1.29, 1.82) is 0 Å². The molecule has 1 aliphatic rings. The number of rotatable bonds is 4. The normalized spacial score (nSPS) is 16.5. The summed E-state index contributed by atoms with van der Waals surface area (Å²) in [4.78, 5) is 14.2. The lowest BCUT2D eigenvalue weighted by Crippen LogP contribution is -2.31. The number of benzene rings is 1. The number of halogens is 1. The molecule has 0 unspecified atom stereocenters. The zero-order valence-corrected chi connectivity index (χ0v) is 13.5. The second-order valence-corrected chi connectivity index (χ2v) is 7.94. The minimum atomic E-state index is -3.67. The molecule has 116 valence electrons. The van der Waals surface area contributed by atoms with Crippen molar-refractivity contribution in [3.63, 3.8) is 0 Å². The molecular weight excluding hydrogens is 310 g/mol. The van der Waals surface area contributed by atoms with Crippen LogP contribution in [-0.4, -0.2) is 32.3 Å². The molecule has 1 aromatic carbocycles. The van der Waals surface area contributed by atoms with Crippen molar-refractivity contribution < 1.29 is 13.2 Å². The summed E-state index contributed by atoms with van der Waals surface area (Å²) < 4.78 is 22.3. The molecular formula is C15H20ClNO3S. The van der Waals surface area contributed by atoms with E-state index in [4.69, 9.17) is 10.7 Å². The van der Waals surface area contributed by atoms with Gasteiger partial charge in [-0.1, -0.05) is 25.0 Å². The third-order valence-electron chi connectivity index (χ3n) is 3.79. The minimum absolute atomic E-state index is 0.0896. The molecule has 0 bridgehead atoms. The lowest BCUT2D eigenvalue weighted by atomic mass is 10.1. The molecule has 0 aliphatic carbocycles. The lowest BCUT2D eigenvalue weighted by Gasteiger charge is -2.20. The van der Waals surface area contributed by atoms with Crippen LogP contribution in [-0.2, 0) is 20.3 Å². The summed E-state index contributed by atoms with van der Waals surface area (Å²) in [6, 6.07) is 6.39. The van der Waals surface area contributed by atoms with Gasteiger partial charge >= 0.3 is 0 Å². The van der Waals surface area contributed by atoms with E-state index in [1.54, 1.807) is 12.1 Å². The highest BCUT2D eigenvalue weighted by atomic mass is 35.7. The summed E-state index contributed by atoms with van der Waals surface area (Å²) in [5.74, 6) is 0.186. The third-order valence-corrected chi connectivity index (χ3v) is 5.16. The quantitative estimate of drug-likeness (QED) is 0.798. The summed E-state index contributed by atoms with van der Waals surface area (Å²) >= 11 is 0. The van der Waals surface area contributed by atoms with Crippen molar-refractivity contribution in [1.82, 2.24) is 4.90 Å². The summed E-state index contributed by atoms with van der Waals surface area (Å²) in [6.07, 6.45) is 5.68. The summed E-state index contributed by atoms with van der Waals surface area (Å²) in [7, 11) is 1.59. The Morgan fingerprint density at radius 3 is 2.14 bits per heavy atom. The van der Waals surface area contributed by atoms with Crippen LogP contribution in [0.5, 0.6) is 0 Å². The zero-order valence-electron chi connectivity index (χ0n) is 11.9. The average Bonchev–Trinajstić information content (AvgIpc) is 2.73. The zero-order chi connectivity index (χ0) is 15.3. The molecule has 0 atom stereocenters. The first-order chi connectivity index (χ1) is 9.97. The molecule has 0 aromatic heterocycles. The lowest BCUT2D eigenvalue weighted by molar-refractivity contribution is -0.131. The van der Waals surface area contributed by atoms with Gasteiger partial charge in [0.25, 0.3) is 9.05 Å². The van der Waals surface area contributed by atoms with Crippen LogP contribution in [0.2, 0.25) is 0 Å².